The van der Waals surface area contributed by atoms with Crippen molar-refractivity contribution in [1.82, 2.24) is 25.4 Å². The average Bonchev–Trinajstić information content (AvgIpc) is 2.94. The Hall–Kier alpha value is -2.41. The highest BCUT2D eigenvalue weighted by atomic mass is 16.3. The van der Waals surface area contributed by atoms with Crippen molar-refractivity contribution in [3.05, 3.63) is 47.5 Å². The molecule has 1 aliphatic heterocycles. The number of carbonyl (C=O) groups excluding carboxylic acids is 1. The Morgan fingerprint density at radius 3 is 2.96 bits per heavy atom. The van der Waals surface area contributed by atoms with Gasteiger partial charge in [0.1, 0.15) is 11.6 Å². The summed E-state index contributed by atoms with van der Waals surface area (Å²) in [6.07, 6.45) is 2.25. The highest BCUT2D eigenvalue weighted by Gasteiger charge is 2.23. The third-order valence-electron chi connectivity index (χ3n) is 4.18. The van der Waals surface area contributed by atoms with E-state index in [1.165, 1.54) is 0 Å². The van der Waals surface area contributed by atoms with E-state index >= 15 is 0 Å². The molecule has 1 aromatic carbocycles. The first-order chi connectivity index (χ1) is 11.6. The van der Waals surface area contributed by atoms with Crippen LogP contribution in [-0.2, 0) is 19.4 Å². The van der Waals surface area contributed by atoms with E-state index in [0.717, 1.165) is 30.1 Å². The molecular formula is C17H23N5O2. The quantitative estimate of drug-likeness (QED) is 0.757. The predicted octanol–water partition coefficient (Wildman–Crippen LogP) is 0.804. The van der Waals surface area contributed by atoms with E-state index in [4.69, 9.17) is 0 Å². The second-order valence-corrected chi connectivity index (χ2v) is 6.18. The molecule has 0 bridgehead atoms. The molecule has 2 heterocycles. The van der Waals surface area contributed by atoms with Crippen LogP contribution in [0.1, 0.15) is 23.6 Å². The number of nitrogens with one attached hydrogen (secondary N) is 2. The molecule has 7 heteroatoms. The van der Waals surface area contributed by atoms with Crippen LogP contribution in [0.5, 0.6) is 0 Å². The molecule has 0 aliphatic carbocycles. The maximum Gasteiger partial charge on any atom is 0.315 e. The van der Waals surface area contributed by atoms with Crippen LogP contribution in [0.15, 0.2) is 30.3 Å². The van der Waals surface area contributed by atoms with Crippen LogP contribution in [0.25, 0.3) is 0 Å². The number of nitrogens with zero attached hydrogens (tertiary/aromatic N) is 3. The molecule has 0 saturated carbocycles. The number of aliphatic hydroxyl groups excluding tert-OH is 1. The Morgan fingerprint density at radius 2 is 2.21 bits per heavy atom. The van der Waals surface area contributed by atoms with Gasteiger partial charge in [-0.15, -0.1) is 0 Å². The number of aromatic nitrogens is 3. The van der Waals surface area contributed by atoms with Gasteiger partial charge in [0.15, 0.2) is 0 Å². The largest absolute Gasteiger partial charge is 0.394 e. The van der Waals surface area contributed by atoms with E-state index < -0.39 is 0 Å². The lowest BCUT2D eigenvalue weighted by Crippen LogP contribution is -2.50. The van der Waals surface area contributed by atoms with Gasteiger partial charge < -0.3 is 15.7 Å². The van der Waals surface area contributed by atoms with Crippen LogP contribution in [0.3, 0.4) is 0 Å². The number of amides is 2. The van der Waals surface area contributed by atoms with Gasteiger partial charge in [0, 0.05) is 6.42 Å². The van der Waals surface area contributed by atoms with Gasteiger partial charge in [-0.25, -0.2) is 14.5 Å². The zero-order chi connectivity index (χ0) is 16.9. The molecule has 0 unspecified atom stereocenters. The summed E-state index contributed by atoms with van der Waals surface area (Å²) in [5, 5.41) is 19.7. The molecule has 0 saturated heterocycles. The number of urea groups is 1. The average molecular weight is 329 g/mol. The molecule has 3 rings (SSSR count). The fourth-order valence-corrected chi connectivity index (χ4v) is 3.02. The zero-order valence-corrected chi connectivity index (χ0v) is 13.8. The Labute approximate surface area is 141 Å². The normalized spacial score (nSPS) is 17.8. The third kappa shape index (κ3) is 4.11. The van der Waals surface area contributed by atoms with Gasteiger partial charge in [0.05, 0.1) is 25.2 Å². The lowest BCUT2D eigenvalue weighted by Gasteiger charge is -2.25. The Bertz CT molecular complexity index is 686. The van der Waals surface area contributed by atoms with Crippen LogP contribution in [0, 0.1) is 6.92 Å². The van der Waals surface area contributed by atoms with Gasteiger partial charge in [0.2, 0.25) is 0 Å². The molecule has 3 N–H and O–H groups in total. The van der Waals surface area contributed by atoms with E-state index in [0.29, 0.717) is 13.0 Å². The number of rotatable bonds is 5. The van der Waals surface area contributed by atoms with Crippen molar-refractivity contribution in [3.8, 4) is 0 Å². The van der Waals surface area contributed by atoms with Crippen molar-refractivity contribution in [2.24, 2.45) is 0 Å². The maximum absolute atomic E-state index is 12.2. The highest BCUT2D eigenvalue weighted by Crippen LogP contribution is 2.12. The molecule has 7 nitrogen and oxygen atoms in total. The SMILES string of the molecule is Cc1nc2n(n1)C[C@@H](NC(=O)N[C@H](CO)Cc1ccccc1)CC2. The molecule has 0 spiro atoms. The van der Waals surface area contributed by atoms with Gasteiger partial charge in [-0.3, -0.25) is 0 Å². The zero-order valence-electron chi connectivity index (χ0n) is 13.8. The summed E-state index contributed by atoms with van der Waals surface area (Å²) in [7, 11) is 0. The lowest BCUT2D eigenvalue weighted by molar-refractivity contribution is 0.209. The summed E-state index contributed by atoms with van der Waals surface area (Å²) in [5.41, 5.74) is 1.08. The molecule has 0 fully saturated rings. The number of carbonyl (C=O) groups is 1. The minimum atomic E-state index is -0.305. The van der Waals surface area contributed by atoms with E-state index in [1.54, 1.807) is 0 Å². The fourth-order valence-electron chi connectivity index (χ4n) is 3.02. The summed E-state index contributed by atoms with van der Waals surface area (Å²) in [5.74, 6) is 1.74. The molecule has 0 radical (unpaired) electrons. The van der Waals surface area contributed by atoms with Gasteiger partial charge in [-0.1, -0.05) is 30.3 Å². The molecule has 128 valence electrons. The van der Waals surface area contributed by atoms with E-state index in [-0.39, 0.29) is 24.7 Å². The van der Waals surface area contributed by atoms with Crippen LogP contribution in [0.2, 0.25) is 0 Å². The van der Waals surface area contributed by atoms with E-state index in [1.807, 2.05) is 41.9 Å². The maximum atomic E-state index is 12.2. The first-order valence-corrected chi connectivity index (χ1v) is 8.26. The van der Waals surface area contributed by atoms with Gasteiger partial charge in [-0.05, 0) is 25.3 Å². The predicted molar refractivity (Wildman–Crippen MR) is 89.6 cm³/mol. The molecule has 2 atom stereocenters. The molecule has 24 heavy (non-hydrogen) atoms. The standard InChI is InChI=1S/C17H23N5O2/c1-12-18-16-8-7-14(10-22(16)21-12)19-17(24)20-15(11-23)9-13-5-3-2-4-6-13/h2-6,14-15,23H,7-11H2,1H3,(H2,19,20,24)/t14-,15-/m0/s1. The second-order valence-electron chi connectivity index (χ2n) is 6.18. The van der Waals surface area contributed by atoms with Crippen LogP contribution >= 0.6 is 0 Å². The van der Waals surface area contributed by atoms with Crippen molar-refractivity contribution in [3.63, 3.8) is 0 Å². The smallest absolute Gasteiger partial charge is 0.315 e. The van der Waals surface area contributed by atoms with Crippen LogP contribution in [0.4, 0.5) is 4.79 Å². The summed E-state index contributed by atoms with van der Waals surface area (Å²) in [4.78, 5) is 16.6. The van der Waals surface area contributed by atoms with Crippen LogP contribution < -0.4 is 10.6 Å². The Morgan fingerprint density at radius 1 is 1.42 bits per heavy atom. The van der Waals surface area contributed by atoms with Crippen LogP contribution in [-0.4, -0.2) is 44.6 Å². The summed E-state index contributed by atoms with van der Waals surface area (Å²) in [6, 6.07) is 9.27. The molecule has 1 aromatic heterocycles. The van der Waals surface area contributed by atoms with E-state index in [9.17, 15) is 9.90 Å². The van der Waals surface area contributed by atoms with Gasteiger partial charge in [-0.2, -0.15) is 5.10 Å². The van der Waals surface area contributed by atoms with E-state index in [2.05, 4.69) is 20.7 Å². The summed E-state index contributed by atoms with van der Waals surface area (Å²) < 4.78 is 1.86. The van der Waals surface area contributed by atoms with Crippen molar-refractivity contribution < 1.29 is 9.90 Å². The summed E-state index contributed by atoms with van der Waals surface area (Å²) >= 11 is 0. The first kappa shape index (κ1) is 16.4. The number of hydrogen-bond acceptors (Lipinski definition) is 4. The minimum absolute atomic E-state index is 0.0228. The molecule has 2 aromatic rings. The van der Waals surface area contributed by atoms with Crippen molar-refractivity contribution in [1.29, 1.82) is 0 Å². The van der Waals surface area contributed by atoms with Crippen molar-refractivity contribution in [2.45, 2.75) is 44.8 Å². The first-order valence-electron chi connectivity index (χ1n) is 8.26. The Balaban J connectivity index is 1.51. The molecule has 1 aliphatic rings. The van der Waals surface area contributed by atoms with Gasteiger partial charge >= 0.3 is 6.03 Å². The Kier molecular flexibility index (Phi) is 5.10. The third-order valence-corrected chi connectivity index (χ3v) is 4.18. The fraction of sp³-hybridized carbons (Fsp3) is 0.471. The highest BCUT2D eigenvalue weighted by molar-refractivity contribution is 5.74. The second kappa shape index (κ2) is 7.44. The topological polar surface area (TPSA) is 92.1 Å². The number of aryl methyl sites for hydroxylation is 2. The van der Waals surface area contributed by atoms with Crippen molar-refractivity contribution >= 4 is 6.03 Å². The summed E-state index contributed by atoms with van der Waals surface area (Å²) in [6.45, 7) is 2.40. The number of benzene rings is 1. The number of fused-ring (bicyclic) bond motifs is 1. The number of hydrogen-bond donors (Lipinski definition) is 3. The van der Waals surface area contributed by atoms with Crippen molar-refractivity contribution in [2.75, 3.05) is 6.61 Å². The van der Waals surface area contributed by atoms with Gasteiger partial charge in [0.25, 0.3) is 0 Å². The number of aliphatic hydroxyl groups is 1. The lowest BCUT2D eigenvalue weighted by atomic mass is 10.1. The molecule has 2 amide bonds. The minimum Gasteiger partial charge on any atom is -0.394 e. The monoisotopic (exact) mass is 329 g/mol. The molecular weight excluding hydrogens is 306 g/mol.